The van der Waals surface area contributed by atoms with E-state index in [1.54, 1.807) is 0 Å². The molecule has 0 unspecified atom stereocenters. The number of nitrogens with zero attached hydrogens (tertiary/aromatic N) is 3. The summed E-state index contributed by atoms with van der Waals surface area (Å²) in [5.41, 5.74) is 12.7. The molecule has 9 rings (SSSR count). The number of fused-ring (bicyclic) bond motifs is 3. The Morgan fingerprint density at radius 1 is 0.300 bits per heavy atom. The lowest BCUT2D eigenvalue weighted by atomic mass is 9.93. The second-order valence-corrected chi connectivity index (χ2v) is 12.5. The van der Waals surface area contributed by atoms with Crippen LogP contribution in [0, 0.1) is 0 Å². The lowest BCUT2D eigenvalue weighted by molar-refractivity contribution is 1.18. The first-order chi connectivity index (χ1) is 24.8. The van der Waals surface area contributed by atoms with Gasteiger partial charge in [-0.15, -0.1) is 0 Å². The minimum absolute atomic E-state index is 0.716. The number of aromatic nitrogens is 3. The molecule has 9 aromatic rings. The molecule has 0 aliphatic carbocycles. The van der Waals surface area contributed by atoms with Crippen molar-refractivity contribution in [2.75, 3.05) is 0 Å². The maximum atomic E-state index is 5.14. The largest absolute Gasteiger partial charge is 0.248 e. The first-order valence-corrected chi connectivity index (χ1v) is 16.9. The molecule has 0 radical (unpaired) electrons. The molecule has 7 aromatic carbocycles. The molecule has 0 fully saturated rings. The fourth-order valence-corrected chi connectivity index (χ4v) is 6.75. The van der Waals surface area contributed by atoms with Crippen molar-refractivity contribution in [3.8, 4) is 67.4 Å². The Labute approximate surface area is 291 Å². The number of benzene rings is 7. The molecule has 2 heterocycles. The van der Waals surface area contributed by atoms with E-state index in [4.69, 9.17) is 15.0 Å². The van der Waals surface area contributed by atoms with Gasteiger partial charge in [0.1, 0.15) is 0 Å². The summed E-state index contributed by atoms with van der Waals surface area (Å²) in [6.07, 6.45) is 0. The zero-order chi connectivity index (χ0) is 33.3. The molecular weight excluding hydrogens is 607 g/mol. The van der Waals surface area contributed by atoms with Crippen molar-refractivity contribution >= 4 is 21.7 Å². The van der Waals surface area contributed by atoms with Gasteiger partial charge in [0.05, 0.1) is 22.6 Å². The molecule has 0 saturated heterocycles. The topological polar surface area (TPSA) is 38.7 Å². The first kappa shape index (κ1) is 29.4. The van der Waals surface area contributed by atoms with E-state index >= 15 is 0 Å². The molecule has 3 heteroatoms. The number of rotatable bonds is 6. The van der Waals surface area contributed by atoms with E-state index in [0.717, 1.165) is 56.0 Å². The Balaban J connectivity index is 1.11. The van der Waals surface area contributed by atoms with Crippen LogP contribution in [0.15, 0.2) is 188 Å². The standard InChI is InChI=1S/C47H31N3/c1-5-13-33(14-6-1)41-30-43(34-15-7-2-8-16-34)48-42-28-26-39-29-38(25-27-40(39)46(41)42)32-21-23-36(24-22-32)45-31-44(35-17-9-3-10-18-35)49-47(50-45)37-19-11-4-12-20-37/h1-31H. The molecule has 0 aliphatic heterocycles. The highest BCUT2D eigenvalue weighted by Crippen LogP contribution is 2.38. The molecule has 0 atom stereocenters. The van der Waals surface area contributed by atoms with Crippen LogP contribution in [-0.2, 0) is 0 Å². The molecule has 0 N–H and O–H groups in total. The second-order valence-electron chi connectivity index (χ2n) is 12.5. The first-order valence-electron chi connectivity index (χ1n) is 16.9. The molecular formula is C47H31N3. The summed E-state index contributed by atoms with van der Waals surface area (Å²) in [4.78, 5) is 15.1. The van der Waals surface area contributed by atoms with Crippen LogP contribution in [-0.4, -0.2) is 15.0 Å². The van der Waals surface area contributed by atoms with Crippen LogP contribution >= 0.6 is 0 Å². The van der Waals surface area contributed by atoms with Gasteiger partial charge in [-0.25, -0.2) is 15.0 Å². The average molecular weight is 638 g/mol. The molecule has 50 heavy (non-hydrogen) atoms. The van der Waals surface area contributed by atoms with Crippen molar-refractivity contribution in [3.05, 3.63) is 188 Å². The molecule has 0 bridgehead atoms. The summed E-state index contributed by atoms with van der Waals surface area (Å²) in [5.74, 6) is 0.716. The van der Waals surface area contributed by atoms with Crippen LogP contribution in [0.4, 0.5) is 0 Å². The van der Waals surface area contributed by atoms with Crippen LogP contribution in [0.5, 0.6) is 0 Å². The van der Waals surface area contributed by atoms with Gasteiger partial charge in [0, 0.05) is 27.6 Å². The smallest absolute Gasteiger partial charge is 0.160 e. The van der Waals surface area contributed by atoms with Crippen LogP contribution in [0.3, 0.4) is 0 Å². The van der Waals surface area contributed by atoms with Gasteiger partial charge in [-0.2, -0.15) is 0 Å². The van der Waals surface area contributed by atoms with Gasteiger partial charge in [-0.05, 0) is 57.3 Å². The Kier molecular flexibility index (Phi) is 7.49. The second kappa shape index (κ2) is 12.7. The van der Waals surface area contributed by atoms with Crippen molar-refractivity contribution in [3.63, 3.8) is 0 Å². The molecule has 0 saturated carbocycles. The van der Waals surface area contributed by atoms with Gasteiger partial charge < -0.3 is 0 Å². The zero-order valence-corrected chi connectivity index (χ0v) is 27.2. The Bertz CT molecular complexity index is 2540. The lowest BCUT2D eigenvalue weighted by Gasteiger charge is -2.14. The fraction of sp³-hybridized carbons (Fsp3) is 0. The van der Waals surface area contributed by atoms with Gasteiger partial charge in [0.25, 0.3) is 0 Å². The van der Waals surface area contributed by atoms with E-state index in [9.17, 15) is 0 Å². The van der Waals surface area contributed by atoms with Gasteiger partial charge in [0.15, 0.2) is 5.82 Å². The summed E-state index contributed by atoms with van der Waals surface area (Å²) in [6.45, 7) is 0. The van der Waals surface area contributed by atoms with Crippen molar-refractivity contribution in [2.24, 2.45) is 0 Å². The number of pyridine rings is 1. The minimum atomic E-state index is 0.716. The molecule has 234 valence electrons. The van der Waals surface area contributed by atoms with E-state index in [2.05, 4.69) is 146 Å². The third kappa shape index (κ3) is 5.61. The highest BCUT2D eigenvalue weighted by atomic mass is 14.9. The third-order valence-corrected chi connectivity index (χ3v) is 9.29. The van der Waals surface area contributed by atoms with E-state index < -0.39 is 0 Å². The zero-order valence-electron chi connectivity index (χ0n) is 27.2. The van der Waals surface area contributed by atoms with Crippen molar-refractivity contribution < 1.29 is 0 Å². The summed E-state index contributed by atoms with van der Waals surface area (Å²) in [6, 6.07) is 65.6. The van der Waals surface area contributed by atoms with E-state index in [1.165, 1.54) is 27.3 Å². The Morgan fingerprint density at radius 3 is 1.38 bits per heavy atom. The molecule has 3 nitrogen and oxygen atoms in total. The maximum Gasteiger partial charge on any atom is 0.160 e. The third-order valence-electron chi connectivity index (χ3n) is 9.29. The Hall–Kier alpha value is -6.71. The van der Waals surface area contributed by atoms with E-state index in [0.29, 0.717) is 5.82 Å². The van der Waals surface area contributed by atoms with Crippen molar-refractivity contribution in [1.82, 2.24) is 15.0 Å². The fourth-order valence-electron chi connectivity index (χ4n) is 6.75. The molecule has 2 aromatic heterocycles. The number of hydrogen-bond acceptors (Lipinski definition) is 3. The van der Waals surface area contributed by atoms with Crippen LogP contribution in [0.25, 0.3) is 89.1 Å². The number of hydrogen-bond donors (Lipinski definition) is 0. The van der Waals surface area contributed by atoms with Crippen LogP contribution < -0.4 is 0 Å². The van der Waals surface area contributed by atoms with Gasteiger partial charge in [-0.3, -0.25) is 0 Å². The van der Waals surface area contributed by atoms with Crippen molar-refractivity contribution in [2.45, 2.75) is 0 Å². The Morgan fingerprint density at radius 2 is 0.780 bits per heavy atom. The minimum Gasteiger partial charge on any atom is -0.248 e. The monoisotopic (exact) mass is 637 g/mol. The van der Waals surface area contributed by atoms with E-state index in [1.807, 2.05) is 42.5 Å². The van der Waals surface area contributed by atoms with Gasteiger partial charge in [-0.1, -0.05) is 164 Å². The summed E-state index contributed by atoms with van der Waals surface area (Å²) in [7, 11) is 0. The van der Waals surface area contributed by atoms with Crippen LogP contribution in [0.2, 0.25) is 0 Å². The molecule has 0 aliphatic rings. The molecule has 0 amide bonds. The van der Waals surface area contributed by atoms with E-state index in [-0.39, 0.29) is 0 Å². The van der Waals surface area contributed by atoms with Gasteiger partial charge >= 0.3 is 0 Å². The molecule has 0 spiro atoms. The summed E-state index contributed by atoms with van der Waals surface area (Å²) in [5, 5.41) is 3.54. The highest BCUT2D eigenvalue weighted by molar-refractivity contribution is 6.14. The predicted molar refractivity (Wildman–Crippen MR) is 207 cm³/mol. The summed E-state index contributed by atoms with van der Waals surface area (Å²) >= 11 is 0. The summed E-state index contributed by atoms with van der Waals surface area (Å²) < 4.78 is 0. The average Bonchev–Trinajstić information content (AvgIpc) is 3.21. The maximum absolute atomic E-state index is 5.14. The lowest BCUT2D eigenvalue weighted by Crippen LogP contribution is -1.95. The predicted octanol–water partition coefficient (Wildman–Crippen LogP) is 12.2. The normalized spacial score (nSPS) is 11.2. The van der Waals surface area contributed by atoms with Crippen LogP contribution in [0.1, 0.15) is 0 Å². The highest BCUT2D eigenvalue weighted by Gasteiger charge is 2.14. The van der Waals surface area contributed by atoms with Gasteiger partial charge in [0.2, 0.25) is 0 Å². The SMILES string of the molecule is c1ccc(-c2cc(-c3ccc(-c4ccc5c(ccc6nc(-c7ccccc7)cc(-c7ccccc7)c65)c4)cc3)nc(-c3ccccc3)n2)cc1. The quantitative estimate of drug-likeness (QED) is 0.170. The van der Waals surface area contributed by atoms with Crippen molar-refractivity contribution in [1.29, 1.82) is 0 Å².